The number of amides is 1. The van der Waals surface area contributed by atoms with Crippen LogP contribution in [0.25, 0.3) is 0 Å². The van der Waals surface area contributed by atoms with Gasteiger partial charge in [0, 0.05) is 36.6 Å². The minimum atomic E-state index is -3.80. The van der Waals surface area contributed by atoms with Gasteiger partial charge in [-0.25, -0.2) is 18.8 Å². The van der Waals surface area contributed by atoms with Crippen molar-refractivity contribution in [1.29, 1.82) is 0 Å². The third kappa shape index (κ3) is 8.35. The summed E-state index contributed by atoms with van der Waals surface area (Å²) in [6.45, 7) is 0.730. The van der Waals surface area contributed by atoms with Crippen LogP contribution in [0.2, 0.25) is 5.02 Å². The van der Waals surface area contributed by atoms with Crippen LogP contribution in [0, 0.1) is 0 Å². The molecule has 10 nitrogen and oxygen atoms in total. The van der Waals surface area contributed by atoms with Gasteiger partial charge in [0.2, 0.25) is 5.90 Å². The summed E-state index contributed by atoms with van der Waals surface area (Å²) in [5, 5.41) is 9.69. The molecule has 2 atom stereocenters. The van der Waals surface area contributed by atoms with Crippen molar-refractivity contribution in [1.82, 2.24) is 10.9 Å². The molecule has 0 fully saturated rings. The predicted octanol–water partition coefficient (Wildman–Crippen LogP) is 5.09. The number of sulfone groups is 1. The van der Waals surface area contributed by atoms with Crippen LogP contribution in [0.4, 0.5) is 0 Å². The molecular formula is C36H38ClN3O7S. The van der Waals surface area contributed by atoms with E-state index < -0.39 is 27.4 Å². The van der Waals surface area contributed by atoms with Gasteiger partial charge in [-0.1, -0.05) is 60.1 Å². The minimum Gasteiger partial charge on any atom is -0.497 e. The summed E-state index contributed by atoms with van der Waals surface area (Å²) in [5.74, 6) is 0.376. The fraction of sp³-hybridized carbons (Fsp3) is 0.278. The monoisotopic (exact) mass is 691 g/mol. The lowest BCUT2D eigenvalue weighted by Gasteiger charge is -2.30. The van der Waals surface area contributed by atoms with Gasteiger partial charge >= 0.3 is 0 Å². The quantitative estimate of drug-likeness (QED) is 0.109. The number of halogens is 1. The maximum atomic E-state index is 14.4. The van der Waals surface area contributed by atoms with E-state index in [0.29, 0.717) is 53.6 Å². The second-order valence-electron chi connectivity index (χ2n) is 11.2. The molecule has 1 aliphatic rings. The first kappa shape index (κ1) is 34.9. The van der Waals surface area contributed by atoms with Crippen LogP contribution >= 0.6 is 11.6 Å². The normalized spacial score (nSPS) is 17.3. The zero-order chi connectivity index (χ0) is 34.0. The highest BCUT2D eigenvalue weighted by Crippen LogP contribution is 2.43. The summed E-state index contributed by atoms with van der Waals surface area (Å²) < 4.78 is 44.7. The van der Waals surface area contributed by atoms with E-state index in [4.69, 9.17) is 35.9 Å². The third-order valence-electron chi connectivity index (χ3n) is 7.96. The van der Waals surface area contributed by atoms with Gasteiger partial charge in [0.05, 0.1) is 24.4 Å². The highest BCUT2D eigenvalue weighted by molar-refractivity contribution is 7.91. The van der Waals surface area contributed by atoms with E-state index in [9.17, 15) is 13.2 Å². The first-order chi connectivity index (χ1) is 23.3. The molecule has 0 aromatic heterocycles. The van der Waals surface area contributed by atoms with Gasteiger partial charge in [-0.3, -0.25) is 10.2 Å². The first-order valence-electron chi connectivity index (χ1n) is 15.5. The maximum absolute atomic E-state index is 14.4. The zero-order valence-electron chi connectivity index (χ0n) is 26.5. The summed E-state index contributed by atoms with van der Waals surface area (Å²) >= 11 is 6.32. The molecule has 5 rings (SSSR count). The van der Waals surface area contributed by atoms with Gasteiger partial charge in [-0.2, -0.15) is 0 Å². The van der Waals surface area contributed by atoms with Gasteiger partial charge in [-0.05, 0) is 72.1 Å². The summed E-state index contributed by atoms with van der Waals surface area (Å²) in [4.78, 5) is 19.4. The smallest absolute Gasteiger partial charge is 0.266 e. The predicted molar refractivity (Wildman–Crippen MR) is 184 cm³/mol. The fourth-order valence-corrected chi connectivity index (χ4v) is 6.98. The molecule has 0 radical (unpaired) electrons. The Balaban J connectivity index is 1.50. The number of aliphatic hydroxyl groups is 1. The number of hydrogen-bond donors (Lipinski definition) is 3. The molecular weight excluding hydrogens is 654 g/mol. The number of carbonyl (C=O) groups excluding carboxylic acids is 1. The van der Waals surface area contributed by atoms with Crippen molar-refractivity contribution < 1.29 is 32.5 Å². The topological polar surface area (TPSA) is 136 Å². The van der Waals surface area contributed by atoms with Gasteiger partial charge in [0.25, 0.3) is 5.91 Å². The average Bonchev–Trinajstić information content (AvgIpc) is 3.52. The molecule has 0 bridgehead atoms. The SMILES string of the molecule is COc1cccc([C@@H]2OC(c3ccc(OCCCO)cc3)=N[C@]2(CCS(=O)(=O)c2ccccc2)C(=O)NNCCc2ccccc2Cl)c1. The van der Waals surface area contributed by atoms with Gasteiger partial charge in [-0.15, -0.1) is 0 Å². The van der Waals surface area contributed by atoms with Crippen molar-refractivity contribution in [3.63, 3.8) is 0 Å². The summed E-state index contributed by atoms with van der Waals surface area (Å²) in [5.41, 5.74) is 6.13. The molecule has 3 N–H and O–H groups in total. The Morgan fingerprint density at radius 1 is 0.979 bits per heavy atom. The van der Waals surface area contributed by atoms with Gasteiger partial charge in [0.1, 0.15) is 11.5 Å². The Bertz CT molecular complexity index is 1820. The van der Waals surface area contributed by atoms with E-state index in [1.54, 1.807) is 72.8 Å². The Hall–Kier alpha value is -4.42. The summed E-state index contributed by atoms with van der Waals surface area (Å²) in [6.07, 6.45) is -0.155. The first-order valence-corrected chi connectivity index (χ1v) is 17.6. The number of ether oxygens (including phenoxy) is 3. The lowest BCUT2D eigenvalue weighted by molar-refractivity contribution is -0.130. The van der Waals surface area contributed by atoms with Crippen LogP contribution in [-0.2, 0) is 25.8 Å². The Morgan fingerprint density at radius 3 is 2.46 bits per heavy atom. The lowest BCUT2D eigenvalue weighted by atomic mass is 9.85. The minimum absolute atomic E-state index is 0.0212. The number of hydrogen-bond acceptors (Lipinski definition) is 9. The van der Waals surface area contributed by atoms with E-state index in [2.05, 4.69) is 10.9 Å². The standard InChI is InChI=1S/C36H38ClN3O7S/c1-45-30-11-7-10-28(25-30)33-36(20-24-48(43,44)31-12-3-2-4-13-31,35(42)40-38-21-19-26-9-5-6-14-32(26)37)39-34(47-33)27-15-17-29(18-16-27)46-23-8-22-41/h2-7,9-18,25,33,38,41H,8,19-24H2,1H3,(H,40,42)/t33-,36-/m0/s1. The second kappa shape index (κ2) is 16.1. The van der Waals surface area contributed by atoms with Crippen LogP contribution in [0.15, 0.2) is 113 Å². The largest absolute Gasteiger partial charge is 0.497 e. The van der Waals surface area contributed by atoms with Crippen molar-refractivity contribution >= 4 is 33.2 Å². The van der Waals surface area contributed by atoms with Crippen LogP contribution in [0.3, 0.4) is 0 Å². The van der Waals surface area contributed by atoms with Crippen molar-refractivity contribution in [3.05, 3.63) is 125 Å². The molecule has 12 heteroatoms. The number of methoxy groups -OCH3 is 1. The molecule has 4 aromatic carbocycles. The van der Waals surface area contributed by atoms with Crippen molar-refractivity contribution in [2.75, 3.05) is 32.6 Å². The number of benzene rings is 4. The van der Waals surface area contributed by atoms with Crippen molar-refractivity contribution in [2.24, 2.45) is 4.99 Å². The van der Waals surface area contributed by atoms with E-state index in [1.165, 1.54) is 19.2 Å². The number of nitrogens with zero attached hydrogens (tertiary/aromatic N) is 1. The Morgan fingerprint density at radius 2 is 1.73 bits per heavy atom. The number of aliphatic imine (C=N–C) groups is 1. The van der Waals surface area contributed by atoms with Crippen LogP contribution in [-0.4, -0.2) is 63.5 Å². The van der Waals surface area contributed by atoms with E-state index in [0.717, 1.165) is 5.56 Å². The molecule has 0 saturated carbocycles. The van der Waals surface area contributed by atoms with E-state index >= 15 is 0 Å². The number of rotatable bonds is 16. The highest BCUT2D eigenvalue weighted by atomic mass is 35.5. The van der Waals surface area contributed by atoms with E-state index in [-0.39, 0.29) is 29.6 Å². The summed E-state index contributed by atoms with van der Waals surface area (Å²) in [7, 11) is -2.26. The molecule has 0 saturated heterocycles. The zero-order valence-corrected chi connectivity index (χ0v) is 28.0. The maximum Gasteiger partial charge on any atom is 0.266 e. The number of carbonyl (C=O) groups is 1. The third-order valence-corrected chi connectivity index (χ3v) is 10.1. The highest BCUT2D eigenvalue weighted by Gasteiger charge is 2.53. The molecule has 0 aliphatic carbocycles. The second-order valence-corrected chi connectivity index (χ2v) is 13.7. The average molecular weight is 692 g/mol. The lowest BCUT2D eigenvalue weighted by Crippen LogP contribution is -2.53. The Kier molecular flexibility index (Phi) is 11.7. The molecule has 252 valence electrons. The van der Waals surface area contributed by atoms with Gasteiger partial charge in [0.15, 0.2) is 21.5 Å². The molecule has 1 heterocycles. The molecule has 0 unspecified atom stereocenters. The molecule has 1 aliphatic heterocycles. The molecule has 0 spiro atoms. The van der Waals surface area contributed by atoms with Gasteiger partial charge < -0.3 is 19.3 Å². The van der Waals surface area contributed by atoms with E-state index in [1.807, 2.05) is 18.2 Å². The number of nitrogens with one attached hydrogen (secondary N) is 2. The fourth-order valence-electron chi connectivity index (χ4n) is 5.36. The van der Waals surface area contributed by atoms with Crippen LogP contribution in [0.5, 0.6) is 11.5 Å². The number of aliphatic hydroxyl groups excluding tert-OH is 1. The molecule has 4 aromatic rings. The van der Waals surface area contributed by atoms with Crippen molar-refractivity contribution in [3.8, 4) is 11.5 Å². The summed E-state index contributed by atoms with van der Waals surface area (Å²) in [6, 6.07) is 29.7. The van der Waals surface area contributed by atoms with Crippen LogP contribution < -0.4 is 20.3 Å². The molecule has 48 heavy (non-hydrogen) atoms. The molecule has 1 amide bonds. The van der Waals surface area contributed by atoms with Crippen molar-refractivity contribution in [2.45, 2.75) is 35.8 Å². The number of hydrazine groups is 1. The van der Waals surface area contributed by atoms with Crippen LogP contribution in [0.1, 0.15) is 35.6 Å². The Labute approximate surface area is 285 Å².